The number of rotatable bonds is 5. The first-order valence-corrected chi connectivity index (χ1v) is 19.7. The Morgan fingerprint density at radius 3 is 1.76 bits per heavy atom. The molecular weight excluding hydrogens is 685 g/mol. The van der Waals surface area contributed by atoms with Gasteiger partial charge in [0.2, 0.25) is 0 Å². The zero-order valence-electron chi connectivity index (χ0n) is 29.8. The van der Waals surface area contributed by atoms with E-state index < -0.39 is 0 Å². The second-order valence-corrected chi connectivity index (χ2v) is 15.6. The minimum atomic E-state index is 1.15. The number of nitrogens with zero attached hydrogens (tertiary/aromatic N) is 2. The van der Waals surface area contributed by atoms with Crippen molar-refractivity contribution in [2.75, 3.05) is 4.90 Å². The fourth-order valence-electron chi connectivity index (χ4n) is 9.10. The van der Waals surface area contributed by atoms with Crippen molar-refractivity contribution in [1.29, 1.82) is 0 Å². The lowest BCUT2D eigenvalue weighted by Crippen LogP contribution is -2.09. The summed E-state index contributed by atoms with van der Waals surface area (Å²) in [4.78, 5) is 2.34. The second kappa shape index (κ2) is 11.8. The average molecular weight is 717 g/mol. The van der Waals surface area contributed by atoms with Gasteiger partial charge in [-0.2, -0.15) is 0 Å². The van der Waals surface area contributed by atoms with Gasteiger partial charge in [-0.25, -0.2) is 0 Å². The molecule has 256 valence electrons. The van der Waals surface area contributed by atoms with Crippen LogP contribution >= 0.6 is 11.3 Å². The predicted octanol–water partition coefficient (Wildman–Crippen LogP) is 15.2. The van der Waals surface area contributed by atoms with Crippen molar-refractivity contribution in [2.45, 2.75) is 0 Å². The molecule has 0 aliphatic carbocycles. The Morgan fingerprint density at radius 2 is 0.982 bits per heavy atom. The number of benzene rings is 10. The van der Waals surface area contributed by atoms with E-state index in [-0.39, 0.29) is 0 Å². The number of thiophene rings is 1. The molecule has 0 saturated carbocycles. The predicted molar refractivity (Wildman–Crippen MR) is 237 cm³/mol. The van der Waals surface area contributed by atoms with Crippen LogP contribution < -0.4 is 4.90 Å². The molecule has 0 spiro atoms. The van der Waals surface area contributed by atoms with Gasteiger partial charge >= 0.3 is 0 Å². The number of anilines is 3. The number of fused-ring (bicyclic) bond motifs is 7. The smallest absolute Gasteiger partial charge is 0.0620 e. The zero-order valence-corrected chi connectivity index (χ0v) is 30.6. The summed E-state index contributed by atoms with van der Waals surface area (Å²) in [6.45, 7) is 0. The van der Waals surface area contributed by atoms with Crippen molar-refractivity contribution >= 4 is 103 Å². The number of hydrogen-bond acceptors (Lipinski definition) is 2. The summed E-state index contributed by atoms with van der Waals surface area (Å²) in [6.07, 6.45) is 0. The van der Waals surface area contributed by atoms with Gasteiger partial charge in [-0.3, -0.25) is 0 Å². The van der Waals surface area contributed by atoms with Crippen LogP contribution in [0.2, 0.25) is 0 Å². The monoisotopic (exact) mass is 716 g/mol. The lowest BCUT2D eigenvalue weighted by Gasteiger charge is -2.25. The van der Waals surface area contributed by atoms with Crippen LogP contribution in [0.5, 0.6) is 0 Å². The molecule has 0 fully saturated rings. The molecule has 0 radical (unpaired) electrons. The highest BCUT2D eigenvalue weighted by Crippen LogP contribution is 2.46. The third-order valence-corrected chi connectivity index (χ3v) is 12.6. The van der Waals surface area contributed by atoms with Crippen molar-refractivity contribution in [2.24, 2.45) is 0 Å². The summed E-state index contributed by atoms with van der Waals surface area (Å²) in [6, 6.07) is 71.3. The highest BCUT2D eigenvalue weighted by molar-refractivity contribution is 7.25. The largest absolute Gasteiger partial charge is 0.310 e. The number of para-hydroxylation sites is 4. The molecule has 0 aliphatic rings. The Hall–Kier alpha value is -6.94. The Balaban J connectivity index is 1.04. The normalized spacial score (nSPS) is 12.0. The van der Waals surface area contributed by atoms with Crippen LogP contribution in [0, 0.1) is 0 Å². The van der Waals surface area contributed by atoms with Crippen LogP contribution in [-0.4, -0.2) is 4.57 Å². The third kappa shape index (κ3) is 4.54. The highest BCUT2D eigenvalue weighted by Gasteiger charge is 2.20. The van der Waals surface area contributed by atoms with E-state index >= 15 is 0 Å². The first kappa shape index (κ1) is 30.5. The van der Waals surface area contributed by atoms with Gasteiger partial charge in [-0.05, 0) is 105 Å². The maximum Gasteiger partial charge on any atom is 0.0620 e. The SMILES string of the molecule is c1ccc(N(c2ccccc2)c2ccc3c(c2)sc2cc(-c4ccc5ccc6c7c(ccc4c57)cc4c5ccccc5n(-c5ccccc5)c46)ccc23)cc1. The minimum absolute atomic E-state index is 1.15. The molecular formula is C52H32N2S. The topological polar surface area (TPSA) is 8.17 Å². The summed E-state index contributed by atoms with van der Waals surface area (Å²) in [7, 11) is 0. The van der Waals surface area contributed by atoms with Gasteiger partial charge in [0.15, 0.2) is 0 Å². The van der Waals surface area contributed by atoms with E-state index in [2.05, 4.69) is 204 Å². The van der Waals surface area contributed by atoms with Crippen molar-refractivity contribution in [3.63, 3.8) is 0 Å². The van der Waals surface area contributed by atoms with Crippen LogP contribution in [0.1, 0.15) is 0 Å². The molecule has 0 saturated heterocycles. The molecule has 3 heteroatoms. The van der Waals surface area contributed by atoms with E-state index in [0.29, 0.717) is 0 Å². The molecule has 12 rings (SSSR count). The van der Waals surface area contributed by atoms with Crippen molar-refractivity contribution < 1.29 is 0 Å². The lowest BCUT2D eigenvalue weighted by molar-refractivity contribution is 1.19. The van der Waals surface area contributed by atoms with E-state index in [0.717, 1.165) is 17.1 Å². The zero-order chi connectivity index (χ0) is 36.0. The van der Waals surface area contributed by atoms with Gasteiger partial charge in [0.1, 0.15) is 0 Å². The average Bonchev–Trinajstić information content (AvgIpc) is 3.78. The van der Waals surface area contributed by atoms with E-state index in [1.54, 1.807) is 0 Å². The van der Waals surface area contributed by atoms with E-state index in [9.17, 15) is 0 Å². The first-order valence-electron chi connectivity index (χ1n) is 18.8. The van der Waals surface area contributed by atoms with Crippen LogP contribution in [0.3, 0.4) is 0 Å². The third-order valence-electron chi connectivity index (χ3n) is 11.5. The van der Waals surface area contributed by atoms with Crippen LogP contribution in [-0.2, 0) is 0 Å². The maximum atomic E-state index is 2.46. The molecule has 2 aromatic heterocycles. The van der Waals surface area contributed by atoms with Gasteiger partial charge in [0.25, 0.3) is 0 Å². The van der Waals surface area contributed by atoms with Crippen molar-refractivity contribution in [1.82, 2.24) is 4.57 Å². The Kier molecular flexibility index (Phi) is 6.54. The molecule has 0 aliphatic heterocycles. The fraction of sp³-hybridized carbons (Fsp3) is 0. The molecule has 10 aromatic carbocycles. The van der Waals surface area contributed by atoms with Gasteiger partial charge in [-0.15, -0.1) is 11.3 Å². The maximum absolute atomic E-state index is 2.46. The Labute approximate surface area is 321 Å². The summed E-state index contributed by atoms with van der Waals surface area (Å²) < 4.78 is 5.04. The van der Waals surface area contributed by atoms with Gasteiger partial charge in [0, 0.05) is 59.1 Å². The van der Waals surface area contributed by atoms with Gasteiger partial charge in [0.05, 0.1) is 11.0 Å². The van der Waals surface area contributed by atoms with Gasteiger partial charge < -0.3 is 9.47 Å². The lowest BCUT2D eigenvalue weighted by atomic mass is 9.88. The quantitative estimate of drug-likeness (QED) is 0.161. The number of hydrogen-bond donors (Lipinski definition) is 0. The first-order chi connectivity index (χ1) is 27.3. The molecule has 2 nitrogen and oxygen atoms in total. The number of aromatic nitrogens is 1. The van der Waals surface area contributed by atoms with Gasteiger partial charge in [-0.1, -0.05) is 127 Å². The molecule has 12 aromatic rings. The molecule has 55 heavy (non-hydrogen) atoms. The van der Waals surface area contributed by atoms with Crippen molar-refractivity contribution in [3.8, 4) is 16.8 Å². The summed E-state index contributed by atoms with van der Waals surface area (Å²) in [5.74, 6) is 0. The molecule has 0 bridgehead atoms. The minimum Gasteiger partial charge on any atom is -0.310 e. The second-order valence-electron chi connectivity index (χ2n) is 14.5. The van der Waals surface area contributed by atoms with E-state index in [4.69, 9.17) is 0 Å². The molecule has 0 unspecified atom stereocenters. The molecule has 0 N–H and O–H groups in total. The molecule has 0 atom stereocenters. The van der Waals surface area contributed by atoms with Crippen LogP contribution in [0.25, 0.3) is 91.1 Å². The Morgan fingerprint density at radius 1 is 0.382 bits per heavy atom. The van der Waals surface area contributed by atoms with Crippen molar-refractivity contribution in [3.05, 3.63) is 194 Å². The van der Waals surface area contributed by atoms with Crippen LogP contribution in [0.15, 0.2) is 194 Å². The fourth-order valence-corrected chi connectivity index (χ4v) is 10.3. The summed E-state index contributed by atoms with van der Waals surface area (Å²) in [5.41, 5.74) is 9.64. The highest BCUT2D eigenvalue weighted by atomic mass is 32.1. The van der Waals surface area contributed by atoms with E-state index in [1.807, 2.05) is 11.3 Å². The van der Waals surface area contributed by atoms with Crippen LogP contribution in [0.4, 0.5) is 17.1 Å². The van der Waals surface area contributed by atoms with E-state index in [1.165, 1.54) is 91.1 Å². The Bertz CT molecular complexity index is 3380. The standard InChI is InChI=1S/C52H32N2S/c1-4-12-36(13-5-1)53(37-14-6-2-7-15-37)39-24-29-43-42-26-22-34(31-48(42)55-49(43)32-39)40-25-20-33-21-28-45-51-35(23-27-44(40)50(33)51)30-46-41-18-10-11-19-47(41)54(52(45)46)38-16-8-3-9-17-38/h1-32H. The summed E-state index contributed by atoms with van der Waals surface area (Å²) in [5, 5.41) is 13.0. The molecule has 2 heterocycles. The molecule has 0 amide bonds. The summed E-state index contributed by atoms with van der Waals surface area (Å²) >= 11 is 1.88.